The van der Waals surface area contributed by atoms with Crippen LogP contribution in [0.15, 0.2) is 0 Å². The summed E-state index contributed by atoms with van der Waals surface area (Å²) in [4.78, 5) is 22.6. The van der Waals surface area contributed by atoms with Crippen LogP contribution < -0.4 is 5.32 Å². The van der Waals surface area contributed by atoms with E-state index in [2.05, 4.69) is 5.32 Å². The van der Waals surface area contributed by atoms with Gasteiger partial charge in [-0.2, -0.15) is 0 Å². The maximum absolute atomic E-state index is 11.4. The molecule has 0 aromatic heterocycles. The van der Waals surface area contributed by atoms with E-state index >= 15 is 0 Å². The van der Waals surface area contributed by atoms with Gasteiger partial charge in [-0.05, 0) is 19.8 Å². The number of carboxylic acids is 1. The van der Waals surface area contributed by atoms with Crippen LogP contribution in [0, 0.1) is 0 Å². The van der Waals surface area contributed by atoms with Gasteiger partial charge in [-0.15, -0.1) is 0 Å². The van der Waals surface area contributed by atoms with Crippen LogP contribution in [0.2, 0.25) is 0 Å². The van der Waals surface area contributed by atoms with E-state index in [4.69, 9.17) is 4.74 Å². The highest BCUT2D eigenvalue weighted by Crippen LogP contribution is 2.20. The summed E-state index contributed by atoms with van der Waals surface area (Å²) in [6, 6.07) is 0. The second kappa shape index (κ2) is 8.06. The van der Waals surface area contributed by atoms with Crippen LogP contribution in [0.3, 0.4) is 0 Å². The SMILES string of the molecule is CCCC(CCC)(NCC(=O)OCC)C(=O)O. The molecule has 0 bridgehead atoms. The van der Waals surface area contributed by atoms with Gasteiger partial charge in [-0.1, -0.05) is 26.7 Å². The molecule has 0 aromatic rings. The molecule has 0 aliphatic rings. The van der Waals surface area contributed by atoms with Crippen molar-refractivity contribution in [1.82, 2.24) is 5.32 Å². The molecule has 2 N–H and O–H groups in total. The Morgan fingerprint density at radius 1 is 1.18 bits per heavy atom. The standard InChI is InChI=1S/C12H23NO4/c1-4-7-12(8-5-2,11(15)16)13-9-10(14)17-6-3/h13H,4-9H2,1-3H3,(H,15,16). The van der Waals surface area contributed by atoms with Gasteiger partial charge in [0.25, 0.3) is 0 Å². The van der Waals surface area contributed by atoms with Gasteiger partial charge >= 0.3 is 11.9 Å². The van der Waals surface area contributed by atoms with Crippen molar-refractivity contribution in [3.05, 3.63) is 0 Å². The number of carbonyl (C=O) groups excluding carboxylic acids is 1. The average Bonchev–Trinajstić information content (AvgIpc) is 2.26. The van der Waals surface area contributed by atoms with Crippen LogP contribution in [-0.2, 0) is 14.3 Å². The molecule has 0 radical (unpaired) electrons. The minimum absolute atomic E-state index is 0.0554. The maximum Gasteiger partial charge on any atom is 0.323 e. The lowest BCUT2D eigenvalue weighted by atomic mass is 9.88. The molecule has 0 rings (SSSR count). The molecule has 5 heteroatoms. The second-order valence-corrected chi connectivity index (χ2v) is 4.05. The predicted molar refractivity (Wildman–Crippen MR) is 64.8 cm³/mol. The summed E-state index contributed by atoms with van der Waals surface area (Å²) in [6.45, 7) is 5.83. The summed E-state index contributed by atoms with van der Waals surface area (Å²) in [6.07, 6.45) is 2.52. The third-order valence-electron chi connectivity index (χ3n) is 2.64. The first kappa shape index (κ1) is 15.9. The van der Waals surface area contributed by atoms with Crippen LogP contribution >= 0.6 is 0 Å². The van der Waals surface area contributed by atoms with E-state index in [1.807, 2.05) is 13.8 Å². The highest BCUT2D eigenvalue weighted by atomic mass is 16.5. The number of rotatable bonds is 9. The van der Waals surface area contributed by atoms with Crippen molar-refractivity contribution in [1.29, 1.82) is 0 Å². The van der Waals surface area contributed by atoms with Gasteiger partial charge in [-0.3, -0.25) is 14.9 Å². The van der Waals surface area contributed by atoms with Crippen LogP contribution in [0.4, 0.5) is 0 Å². The zero-order valence-corrected chi connectivity index (χ0v) is 10.9. The predicted octanol–water partition coefficient (Wildman–Crippen LogP) is 1.56. The van der Waals surface area contributed by atoms with Gasteiger partial charge in [0.05, 0.1) is 13.2 Å². The Bertz CT molecular complexity index is 247. The fourth-order valence-corrected chi connectivity index (χ4v) is 1.90. The minimum Gasteiger partial charge on any atom is -0.480 e. The number of aliphatic carboxylic acids is 1. The van der Waals surface area contributed by atoms with Crippen molar-refractivity contribution >= 4 is 11.9 Å². The van der Waals surface area contributed by atoms with Gasteiger partial charge in [0.15, 0.2) is 0 Å². The Hall–Kier alpha value is -1.10. The molecule has 0 saturated heterocycles. The van der Waals surface area contributed by atoms with Gasteiger partial charge < -0.3 is 9.84 Å². The number of hydrogen-bond donors (Lipinski definition) is 2. The zero-order valence-electron chi connectivity index (χ0n) is 10.9. The monoisotopic (exact) mass is 245 g/mol. The molecule has 0 aromatic carbocycles. The third kappa shape index (κ3) is 5.17. The Balaban J connectivity index is 4.55. The summed E-state index contributed by atoms with van der Waals surface area (Å²) < 4.78 is 4.78. The lowest BCUT2D eigenvalue weighted by molar-refractivity contribution is -0.147. The van der Waals surface area contributed by atoms with Gasteiger partial charge in [0.1, 0.15) is 5.54 Å². The van der Waals surface area contributed by atoms with Crippen LogP contribution in [0.25, 0.3) is 0 Å². The Kier molecular flexibility index (Phi) is 7.54. The van der Waals surface area contributed by atoms with Crippen molar-refractivity contribution in [3.63, 3.8) is 0 Å². The highest BCUT2D eigenvalue weighted by molar-refractivity contribution is 5.80. The Labute approximate surface area is 103 Å². The largest absolute Gasteiger partial charge is 0.480 e. The van der Waals surface area contributed by atoms with Gasteiger partial charge in [0.2, 0.25) is 0 Å². The van der Waals surface area contributed by atoms with E-state index in [1.165, 1.54) is 0 Å². The minimum atomic E-state index is -1.00. The topological polar surface area (TPSA) is 75.6 Å². The van der Waals surface area contributed by atoms with E-state index in [0.29, 0.717) is 19.4 Å². The number of esters is 1. The van der Waals surface area contributed by atoms with Crippen LogP contribution in [-0.4, -0.2) is 35.7 Å². The smallest absolute Gasteiger partial charge is 0.323 e. The molecule has 100 valence electrons. The molecule has 0 saturated carbocycles. The zero-order chi connectivity index (χ0) is 13.3. The fourth-order valence-electron chi connectivity index (χ4n) is 1.90. The lowest BCUT2D eigenvalue weighted by Crippen LogP contribution is -2.53. The van der Waals surface area contributed by atoms with Crippen molar-refractivity contribution in [2.75, 3.05) is 13.2 Å². The van der Waals surface area contributed by atoms with Crippen LogP contribution in [0.1, 0.15) is 46.5 Å². The first-order valence-electron chi connectivity index (χ1n) is 6.16. The van der Waals surface area contributed by atoms with E-state index in [9.17, 15) is 14.7 Å². The van der Waals surface area contributed by atoms with Crippen molar-refractivity contribution in [3.8, 4) is 0 Å². The van der Waals surface area contributed by atoms with E-state index in [1.54, 1.807) is 6.92 Å². The van der Waals surface area contributed by atoms with Crippen molar-refractivity contribution < 1.29 is 19.4 Å². The first-order valence-corrected chi connectivity index (χ1v) is 6.16. The van der Waals surface area contributed by atoms with Crippen molar-refractivity contribution in [2.45, 2.75) is 52.0 Å². The molecule has 0 unspecified atom stereocenters. The average molecular weight is 245 g/mol. The van der Waals surface area contributed by atoms with Gasteiger partial charge in [0, 0.05) is 0 Å². The summed E-state index contributed by atoms with van der Waals surface area (Å²) >= 11 is 0. The van der Waals surface area contributed by atoms with Crippen molar-refractivity contribution in [2.24, 2.45) is 0 Å². The number of carbonyl (C=O) groups is 2. The summed E-state index contributed by atoms with van der Waals surface area (Å²) in [5, 5.41) is 12.2. The molecule has 5 nitrogen and oxygen atoms in total. The number of carboxylic acid groups (broad SMARTS) is 1. The Morgan fingerprint density at radius 2 is 1.71 bits per heavy atom. The molecule has 0 aliphatic carbocycles. The number of nitrogens with one attached hydrogen (secondary N) is 1. The number of hydrogen-bond acceptors (Lipinski definition) is 4. The summed E-state index contributed by atoms with van der Waals surface area (Å²) in [5.74, 6) is -1.31. The third-order valence-corrected chi connectivity index (χ3v) is 2.64. The number of ether oxygens (including phenoxy) is 1. The summed E-state index contributed by atoms with van der Waals surface area (Å²) in [7, 11) is 0. The lowest BCUT2D eigenvalue weighted by Gasteiger charge is -2.29. The molecule has 0 heterocycles. The molecule has 0 amide bonds. The fraction of sp³-hybridized carbons (Fsp3) is 0.833. The van der Waals surface area contributed by atoms with E-state index in [0.717, 1.165) is 12.8 Å². The first-order chi connectivity index (χ1) is 8.02. The Morgan fingerprint density at radius 3 is 2.06 bits per heavy atom. The quantitative estimate of drug-likeness (QED) is 0.603. The molecule has 0 spiro atoms. The maximum atomic E-state index is 11.4. The van der Waals surface area contributed by atoms with E-state index in [-0.39, 0.29) is 6.54 Å². The van der Waals surface area contributed by atoms with Gasteiger partial charge in [-0.25, -0.2) is 0 Å². The summed E-state index contributed by atoms with van der Waals surface area (Å²) in [5.41, 5.74) is -1.00. The second-order valence-electron chi connectivity index (χ2n) is 4.05. The molecule has 0 fully saturated rings. The normalized spacial score (nSPS) is 11.2. The highest BCUT2D eigenvalue weighted by Gasteiger charge is 2.36. The molecular formula is C12H23NO4. The molecular weight excluding hydrogens is 222 g/mol. The van der Waals surface area contributed by atoms with Crippen LogP contribution in [0.5, 0.6) is 0 Å². The van der Waals surface area contributed by atoms with E-state index < -0.39 is 17.5 Å². The molecule has 17 heavy (non-hydrogen) atoms. The molecule has 0 atom stereocenters. The molecule has 0 aliphatic heterocycles.